The van der Waals surface area contributed by atoms with Crippen molar-refractivity contribution in [2.45, 2.75) is 112 Å². The molecule has 5 aromatic rings. The number of pyridine rings is 1. The van der Waals surface area contributed by atoms with Crippen molar-refractivity contribution in [3.8, 4) is 23.1 Å². The first-order valence-corrected chi connectivity index (χ1v) is 26.7. The fraction of sp³-hybridized carbons (Fsp3) is 0.500. The van der Waals surface area contributed by atoms with Gasteiger partial charge in [0, 0.05) is 66.4 Å². The Morgan fingerprint density at radius 1 is 0.986 bits per heavy atom. The van der Waals surface area contributed by atoms with Gasteiger partial charge in [-0.05, 0) is 109 Å². The summed E-state index contributed by atoms with van der Waals surface area (Å²) in [6.07, 6.45) is 10.2. The van der Waals surface area contributed by atoms with Crippen molar-refractivity contribution in [3.63, 3.8) is 0 Å². The van der Waals surface area contributed by atoms with Crippen molar-refractivity contribution in [1.29, 1.82) is 0 Å². The summed E-state index contributed by atoms with van der Waals surface area (Å²) < 4.78 is 54.6. The lowest BCUT2D eigenvalue weighted by Crippen LogP contribution is -2.58. The van der Waals surface area contributed by atoms with Gasteiger partial charge in [0.2, 0.25) is 0 Å². The topological polar surface area (TPSA) is 178 Å². The van der Waals surface area contributed by atoms with Gasteiger partial charge in [0.15, 0.2) is 5.75 Å². The number of hydrogen-bond acceptors (Lipinski definition) is 13. The van der Waals surface area contributed by atoms with Gasteiger partial charge < -0.3 is 28.8 Å². The number of H-pyrrole nitrogens is 1. The second-order valence-electron chi connectivity index (χ2n) is 20.8. The van der Waals surface area contributed by atoms with Gasteiger partial charge in [0.1, 0.15) is 28.6 Å². The molecule has 3 aliphatic heterocycles. The number of nitro benzene ring substituents is 1. The SMILES string of the molecule is COc1nc2[nH]ccc2cc1Oc1cc(N2CCC3(CC2)CC(N2CCOC[C@@H]2c2ccccc2C(C)C)C3)ccc1C(=O)NS(=O)(=O)c1cc2c(c([N+](=O)[O-])c1)SC(C1CCC(C)(C)CC1)CO2. The molecule has 3 aromatic carbocycles. The maximum absolute atomic E-state index is 14.3. The standard InChI is InChI=1S/C52H62N6O9S2/c1-32(2)38-8-6-7-9-39(38)42-30-65-23-22-57(42)36-28-52(29-36)17-20-56(21-18-52)35-10-11-40(43(25-35)67-45-24-34-14-19-53-48(34)54-50(45)64-5)49(59)55-69(62,63)37-26-41(58(60)61)47-44(27-37)66-31-46(68-47)33-12-15-51(3,4)16-13-33/h6-11,14,19,24-27,32-33,36,42,46H,12-13,15-18,20-23,28-31H2,1-5H3,(H,53,54)(H,55,59)/t42-,46?/m1/s1. The largest absolute Gasteiger partial charge is 0.491 e. The number of nitrogens with one attached hydrogen (secondary N) is 2. The second-order valence-corrected chi connectivity index (χ2v) is 23.7. The molecule has 2 atom stereocenters. The molecule has 0 radical (unpaired) electrons. The molecule has 69 heavy (non-hydrogen) atoms. The van der Waals surface area contributed by atoms with Crippen LogP contribution in [0, 0.1) is 26.9 Å². The summed E-state index contributed by atoms with van der Waals surface area (Å²) in [5.41, 5.74) is 4.22. The molecule has 2 aliphatic carbocycles. The molecule has 15 nitrogen and oxygen atoms in total. The molecule has 5 heterocycles. The van der Waals surface area contributed by atoms with E-state index in [0.717, 1.165) is 94.7 Å². The molecule has 10 rings (SSSR count). The normalized spacial score (nSPS) is 21.9. The van der Waals surface area contributed by atoms with E-state index in [0.29, 0.717) is 41.6 Å². The molecule has 0 bridgehead atoms. The van der Waals surface area contributed by atoms with E-state index in [9.17, 15) is 23.3 Å². The summed E-state index contributed by atoms with van der Waals surface area (Å²) in [6.45, 7) is 13.3. The first-order chi connectivity index (χ1) is 33.1. The highest BCUT2D eigenvalue weighted by Crippen LogP contribution is 2.54. The van der Waals surface area contributed by atoms with E-state index >= 15 is 0 Å². The number of aromatic nitrogens is 2. The number of anilines is 1. The maximum Gasteiger partial charge on any atom is 0.288 e. The summed E-state index contributed by atoms with van der Waals surface area (Å²) >= 11 is 1.39. The lowest BCUT2D eigenvalue weighted by atomic mass is 9.59. The highest BCUT2D eigenvalue weighted by molar-refractivity contribution is 8.00. The third-order valence-corrected chi connectivity index (χ3v) is 18.3. The zero-order valence-corrected chi connectivity index (χ0v) is 41.6. The highest BCUT2D eigenvalue weighted by Gasteiger charge is 2.50. The Morgan fingerprint density at radius 2 is 1.75 bits per heavy atom. The van der Waals surface area contributed by atoms with Crippen LogP contribution in [0.15, 0.2) is 82.7 Å². The minimum atomic E-state index is -4.66. The Labute approximate surface area is 408 Å². The molecule has 1 amide bonds. The number of carbonyl (C=O) groups excluding carboxylic acids is 1. The van der Waals surface area contributed by atoms with Gasteiger partial charge in [-0.1, -0.05) is 52.0 Å². The molecular formula is C52H62N6O9S2. The molecule has 17 heteroatoms. The first-order valence-electron chi connectivity index (χ1n) is 24.3. The van der Waals surface area contributed by atoms with Crippen molar-refractivity contribution in [2.75, 3.05) is 51.5 Å². The molecule has 2 N–H and O–H groups in total. The molecule has 2 saturated carbocycles. The zero-order chi connectivity index (χ0) is 48.2. The van der Waals surface area contributed by atoms with E-state index in [-0.39, 0.29) is 56.5 Å². The number of amides is 1. The smallest absolute Gasteiger partial charge is 0.288 e. The third-order valence-electron chi connectivity index (χ3n) is 15.6. The van der Waals surface area contributed by atoms with Crippen LogP contribution in [0.5, 0.6) is 23.1 Å². The van der Waals surface area contributed by atoms with E-state index in [1.165, 1.54) is 36.1 Å². The Bertz CT molecular complexity index is 2860. The second kappa shape index (κ2) is 18.8. The number of aromatic amines is 1. The minimum Gasteiger partial charge on any atom is -0.491 e. The predicted molar refractivity (Wildman–Crippen MR) is 265 cm³/mol. The van der Waals surface area contributed by atoms with Crippen molar-refractivity contribution >= 4 is 50.1 Å². The highest BCUT2D eigenvalue weighted by atomic mass is 32.2. The van der Waals surface area contributed by atoms with Crippen molar-refractivity contribution in [1.82, 2.24) is 19.6 Å². The van der Waals surface area contributed by atoms with E-state index in [2.05, 4.69) is 76.5 Å². The first kappa shape index (κ1) is 47.3. The van der Waals surface area contributed by atoms with Crippen molar-refractivity contribution < 1.29 is 37.1 Å². The summed E-state index contributed by atoms with van der Waals surface area (Å²) in [5.74, 6) is 0.379. The number of sulfonamides is 1. The number of hydrogen-bond donors (Lipinski definition) is 2. The van der Waals surface area contributed by atoms with Gasteiger partial charge in [0.25, 0.3) is 27.5 Å². The molecule has 4 fully saturated rings. The minimum absolute atomic E-state index is 0.00581. The Morgan fingerprint density at radius 3 is 2.49 bits per heavy atom. The van der Waals surface area contributed by atoms with Crippen LogP contribution < -0.4 is 23.8 Å². The molecule has 366 valence electrons. The number of fused-ring (bicyclic) bond motifs is 2. The molecule has 2 saturated heterocycles. The lowest BCUT2D eigenvalue weighted by Gasteiger charge is -2.57. The number of ether oxygens (including phenoxy) is 4. The predicted octanol–water partition coefficient (Wildman–Crippen LogP) is 10.4. The van der Waals surface area contributed by atoms with Crippen LogP contribution in [0.3, 0.4) is 0 Å². The fourth-order valence-corrected chi connectivity index (χ4v) is 13.8. The van der Waals surface area contributed by atoms with Crippen molar-refractivity contribution in [3.05, 3.63) is 99.7 Å². The number of morpholine rings is 1. The number of piperidine rings is 1. The summed E-state index contributed by atoms with van der Waals surface area (Å²) in [6, 6.07) is 20.5. The van der Waals surface area contributed by atoms with Gasteiger partial charge in [0.05, 0.1) is 41.7 Å². The number of carbonyl (C=O) groups is 1. The average Bonchev–Trinajstić information content (AvgIpc) is 3.79. The van der Waals surface area contributed by atoms with Crippen LogP contribution in [0.2, 0.25) is 0 Å². The van der Waals surface area contributed by atoms with E-state index in [1.54, 1.807) is 24.4 Å². The number of benzene rings is 3. The number of nitrogens with zero attached hydrogens (tertiary/aromatic N) is 4. The lowest BCUT2D eigenvalue weighted by molar-refractivity contribution is -0.388. The molecule has 5 aliphatic rings. The fourth-order valence-electron chi connectivity index (χ4n) is 11.4. The molecule has 1 unspecified atom stereocenters. The summed E-state index contributed by atoms with van der Waals surface area (Å²) in [7, 11) is -3.19. The van der Waals surface area contributed by atoms with Crippen LogP contribution in [0.25, 0.3) is 11.0 Å². The number of nitro groups is 1. The van der Waals surface area contributed by atoms with Crippen LogP contribution in [0.1, 0.15) is 113 Å². The van der Waals surface area contributed by atoms with E-state index in [4.69, 9.17) is 18.9 Å². The summed E-state index contributed by atoms with van der Waals surface area (Å²) in [5, 5.41) is 13.2. The quantitative estimate of drug-likeness (QED) is 0.0892. The Balaban J connectivity index is 0.876. The van der Waals surface area contributed by atoms with Gasteiger partial charge in [-0.15, -0.1) is 11.8 Å². The van der Waals surface area contributed by atoms with E-state index < -0.39 is 25.7 Å². The monoisotopic (exact) mass is 978 g/mol. The Hall–Kier alpha value is -5.36. The number of methoxy groups -OCH3 is 1. The third kappa shape index (κ3) is 9.51. The number of thioether (sulfide) groups is 1. The van der Waals surface area contributed by atoms with Crippen LogP contribution >= 0.6 is 11.8 Å². The molecule has 2 aromatic heterocycles. The van der Waals surface area contributed by atoms with Gasteiger partial charge in [-0.2, -0.15) is 4.98 Å². The zero-order valence-electron chi connectivity index (χ0n) is 40.0. The van der Waals surface area contributed by atoms with Crippen LogP contribution in [-0.2, 0) is 14.8 Å². The Kier molecular flexibility index (Phi) is 12.9. The van der Waals surface area contributed by atoms with Crippen LogP contribution in [0.4, 0.5) is 11.4 Å². The van der Waals surface area contributed by atoms with Crippen molar-refractivity contribution in [2.24, 2.45) is 16.7 Å². The summed E-state index contributed by atoms with van der Waals surface area (Å²) in [4.78, 5) is 38.6. The maximum atomic E-state index is 14.3. The van der Waals surface area contributed by atoms with Crippen LogP contribution in [-0.4, -0.2) is 92.0 Å². The molecular weight excluding hydrogens is 917 g/mol. The number of rotatable bonds is 12. The van der Waals surface area contributed by atoms with Gasteiger partial charge >= 0.3 is 0 Å². The average molecular weight is 979 g/mol. The van der Waals surface area contributed by atoms with Gasteiger partial charge in [-0.3, -0.25) is 19.8 Å². The van der Waals surface area contributed by atoms with E-state index in [1.807, 2.05) is 12.1 Å². The molecule has 1 spiro atoms. The van der Waals surface area contributed by atoms with Gasteiger partial charge in [-0.25, -0.2) is 13.1 Å².